The zero-order valence-corrected chi connectivity index (χ0v) is 17.8. The van der Waals surface area contributed by atoms with Crippen molar-refractivity contribution in [1.82, 2.24) is 9.80 Å². The molecular formula is C24H23ClN2O4. The monoisotopic (exact) mass is 438 g/mol. The lowest BCUT2D eigenvalue weighted by Crippen LogP contribution is -2.37. The molecule has 2 saturated heterocycles. The number of carbonyl (C=O) groups is 2. The van der Waals surface area contributed by atoms with Crippen LogP contribution in [0, 0.1) is 0 Å². The zero-order chi connectivity index (χ0) is 21.4. The molecule has 0 saturated carbocycles. The Balaban J connectivity index is 1.27. The minimum Gasteiger partial charge on any atom is -0.451 e. The van der Waals surface area contributed by atoms with Gasteiger partial charge in [0, 0.05) is 36.5 Å². The molecule has 0 N–H and O–H groups in total. The number of amides is 2. The van der Waals surface area contributed by atoms with Crippen molar-refractivity contribution < 1.29 is 18.7 Å². The Bertz CT molecular complexity index is 1130. The maximum Gasteiger partial charge on any atom is 0.410 e. The van der Waals surface area contributed by atoms with Crippen molar-refractivity contribution >= 4 is 34.6 Å². The fourth-order valence-corrected chi connectivity index (χ4v) is 4.71. The second-order valence-electron chi connectivity index (χ2n) is 8.33. The summed E-state index contributed by atoms with van der Waals surface area (Å²) >= 11 is 6.04. The molecule has 160 valence electrons. The Morgan fingerprint density at radius 2 is 1.90 bits per heavy atom. The van der Waals surface area contributed by atoms with Gasteiger partial charge in [-0.2, -0.15) is 0 Å². The molecule has 7 heteroatoms. The molecule has 2 aromatic carbocycles. The summed E-state index contributed by atoms with van der Waals surface area (Å²) in [5, 5.41) is 1.41. The number of nitrogens with zero attached hydrogens (tertiary/aromatic N) is 2. The Hall–Kier alpha value is -2.99. The van der Waals surface area contributed by atoms with Gasteiger partial charge in [0.15, 0.2) is 5.76 Å². The summed E-state index contributed by atoms with van der Waals surface area (Å²) in [6, 6.07) is 16.9. The average Bonchev–Trinajstić information content (AvgIpc) is 3.24. The van der Waals surface area contributed by atoms with Crippen molar-refractivity contribution in [2.75, 3.05) is 19.6 Å². The average molecular weight is 439 g/mol. The lowest BCUT2D eigenvalue weighted by Gasteiger charge is -2.25. The molecule has 6 nitrogen and oxygen atoms in total. The van der Waals surface area contributed by atoms with Gasteiger partial charge < -0.3 is 14.1 Å². The van der Waals surface area contributed by atoms with Crippen LogP contribution in [-0.2, 0) is 11.3 Å². The molecule has 0 aliphatic carbocycles. The SMILES string of the molecule is O=C1O[C@]2(CCCN(C(=O)c3cc4cc(Cl)ccc4o3)CC2)CN1Cc1ccccc1. The lowest BCUT2D eigenvalue weighted by molar-refractivity contribution is 0.0436. The van der Waals surface area contributed by atoms with E-state index in [-0.39, 0.29) is 12.0 Å². The first-order valence-corrected chi connectivity index (χ1v) is 10.9. The van der Waals surface area contributed by atoms with E-state index in [1.807, 2.05) is 30.3 Å². The molecule has 5 rings (SSSR count). The number of hydrogen-bond donors (Lipinski definition) is 0. The predicted molar refractivity (Wildman–Crippen MR) is 117 cm³/mol. The summed E-state index contributed by atoms with van der Waals surface area (Å²) in [5.74, 6) is 0.164. The van der Waals surface area contributed by atoms with Crippen molar-refractivity contribution in [2.45, 2.75) is 31.4 Å². The molecule has 1 atom stereocenters. The van der Waals surface area contributed by atoms with E-state index in [1.54, 1.807) is 34.1 Å². The Labute approximate surface area is 185 Å². The van der Waals surface area contributed by atoms with Gasteiger partial charge in [-0.25, -0.2) is 4.79 Å². The Morgan fingerprint density at radius 1 is 1.06 bits per heavy atom. The Kier molecular flexibility index (Phi) is 5.10. The maximum absolute atomic E-state index is 13.1. The van der Waals surface area contributed by atoms with E-state index in [1.165, 1.54) is 0 Å². The van der Waals surface area contributed by atoms with Crippen LogP contribution in [0.2, 0.25) is 5.02 Å². The van der Waals surface area contributed by atoms with Gasteiger partial charge >= 0.3 is 6.09 Å². The fourth-order valence-electron chi connectivity index (χ4n) is 4.53. The summed E-state index contributed by atoms with van der Waals surface area (Å²) in [5.41, 5.74) is 1.18. The van der Waals surface area contributed by atoms with Crippen molar-refractivity contribution in [3.05, 3.63) is 70.9 Å². The van der Waals surface area contributed by atoms with Gasteiger partial charge in [-0.05, 0) is 42.7 Å². The van der Waals surface area contributed by atoms with E-state index < -0.39 is 5.60 Å². The number of halogens is 1. The first kappa shape index (κ1) is 19.9. The molecule has 0 bridgehead atoms. The highest BCUT2D eigenvalue weighted by Crippen LogP contribution is 2.34. The first-order valence-electron chi connectivity index (χ1n) is 10.5. The van der Waals surface area contributed by atoms with E-state index in [9.17, 15) is 9.59 Å². The van der Waals surface area contributed by atoms with Gasteiger partial charge in [0.25, 0.3) is 5.91 Å². The van der Waals surface area contributed by atoms with Crippen LogP contribution in [0.15, 0.2) is 59.0 Å². The van der Waals surface area contributed by atoms with Crippen LogP contribution in [-0.4, -0.2) is 47.0 Å². The zero-order valence-electron chi connectivity index (χ0n) is 17.1. The number of benzene rings is 2. The third-order valence-electron chi connectivity index (χ3n) is 6.13. The highest BCUT2D eigenvalue weighted by molar-refractivity contribution is 6.31. The van der Waals surface area contributed by atoms with Gasteiger partial charge in [0.05, 0.1) is 6.54 Å². The van der Waals surface area contributed by atoms with E-state index >= 15 is 0 Å². The van der Waals surface area contributed by atoms with E-state index in [4.69, 9.17) is 20.8 Å². The molecule has 2 amide bonds. The van der Waals surface area contributed by atoms with Gasteiger partial charge in [-0.1, -0.05) is 41.9 Å². The van der Waals surface area contributed by atoms with Gasteiger partial charge in [0.1, 0.15) is 11.2 Å². The molecule has 0 unspecified atom stereocenters. The molecule has 2 aliphatic rings. The van der Waals surface area contributed by atoms with E-state index in [0.29, 0.717) is 49.0 Å². The minimum atomic E-state index is -0.539. The third-order valence-corrected chi connectivity index (χ3v) is 6.37. The normalized spacial score (nSPS) is 21.5. The molecule has 1 spiro atoms. The van der Waals surface area contributed by atoms with E-state index in [2.05, 4.69) is 0 Å². The van der Waals surface area contributed by atoms with Gasteiger partial charge in [0.2, 0.25) is 0 Å². The Morgan fingerprint density at radius 3 is 2.74 bits per heavy atom. The van der Waals surface area contributed by atoms with Crippen LogP contribution in [0.25, 0.3) is 11.0 Å². The summed E-state index contributed by atoms with van der Waals surface area (Å²) < 4.78 is 11.6. The number of carbonyl (C=O) groups excluding carboxylic acids is 2. The number of fused-ring (bicyclic) bond motifs is 1. The fraction of sp³-hybridized carbons (Fsp3) is 0.333. The summed E-state index contributed by atoms with van der Waals surface area (Å²) in [6.07, 6.45) is 1.84. The summed E-state index contributed by atoms with van der Waals surface area (Å²) in [6.45, 7) is 2.20. The van der Waals surface area contributed by atoms with Crippen LogP contribution in [0.1, 0.15) is 35.4 Å². The number of hydrogen-bond acceptors (Lipinski definition) is 4. The van der Waals surface area contributed by atoms with Crippen molar-refractivity contribution in [3.63, 3.8) is 0 Å². The predicted octanol–water partition coefficient (Wildman–Crippen LogP) is 5.10. The number of likely N-dealkylation sites (tertiary alicyclic amines) is 1. The van der Waals surface area contributed by atoms with Crippen LogP contribution in [0.4, 0.5) is 4.79 Å². The highest BCUT2D eigenvalue weighted by atomic mass is 35.5. The molecule has 0 radical (unpaired) electrons. The van der Waals surface area contributed by atoms with Crippen molar-refractivity contribution in [2.24, 2.45) is 0 Å². The number of ether oxygens (including phenoxy) is 1. The van der Waals surface area contributed by atoms with Crippen LogP contribution >= 0.6 is 11.6 Å². The van der Waals surface area contributed by atoms with Crippen LogP contribution in [0.5, 0.6) is 0 Å². The largest absolute Gasteiger partial charge is 0.451 e. The molecule has 3 heterocycles. The van der Waals surface area contributed by atoms with E-state index in [0.717, 1.165) is 23.8 Å². The molecule has 1 aromatic heterocycles. The standard InChI is InChI=1S/C24H23ClN2O4/c25-19-7-8-20-18(13-19)14-21(30-20)22(28)26-11-4-9-24(10-12-26)16-27(23(29)31-24)15-17-5-2-1-3-6-17/h1-3,5-8,13-14H,4,9-12,15-16H2/t24-/m0/s1. The van der Waals surface area contributed by atoms with Crippen LogP contribution in [0.3, 0.4) is 0 Å². The summed E-state index contributed by atoms with van der Waals surface area (Å²) in [4.78, 5) is 29.1. The number of rotatable bonds is 3. The second kappa shape index (κ2) is 7.93. The minimum absolute atomic E-state index is 0.144. The van der Waals surface area contributed by atoms with Gasteiger partial charge in [-0.3, -0.25) is 9.69 Å². The second-order valence-corrected chi connectivity index (χ2v) is 8.77. The van der Waals surface area contributed by atoms with Crippen molar-refractivity contribution in [3.8, 4) is 0 Å². The molecular weight excluding hydrogens is 416 g/mol. The number of furan rings is 1. The van der Waals surface area contributed by atoms with Crippen LogP contribution < -0.4 is 0 Å². The molecule has 2 fully saturated rings. The highest BCUT2D eigenvalue weighted by Gasteiger charge is 2.46. The quantitative estimate of drug-likeness (QED) is 0.570. The van der Waals surface area contributed by atoms with Crippen molar-refractivity contribution in [1.29, 1.82) is 0 Å². The molecule has 31 heavy (non-hydrogen) atoms. The lowest BCUT2D eigenvalue weighted by atomic mass is 9.95. The maximum atomic E-state index is 13.1. The molecule has 3 aromatic rings. The smallest absolute Gasteiger partial charge is 0.410 e. The van der Waals surface area contributed by atoms with Gasteiger partial charge in [-0.15, -0.1) is 0 Å². The topological polar surface area (TPSA) is 63.0 Å². The first-order chi connectivity index (χ1) is 15.0. The third kappa shape index (κ3) is 4.00. The molecule has 2 aliphatic heterocycles. The summed E-state index contributed by atoms with van der Waals surface area (Å²) in [7, 11) is 0.